The van der Waals surface area contributed by atoms with E-state index in [1.165, 1.54) is 0 Å². The fourth-order valence-electron chi connectivity index (χ4n) is 2.03. The summed E-state index contributed by atoms with van der Waals surface area (Å²) >= 11 is 9.44. The van der Waals surface area contributed by atoms with Crippen LogP contribution in [0.3, 0.4) is 0 Å². The molecule has 4 nitrogen and oxygen atoms in total. The van der Waals surface area contributed by atoms with Crippen molar-refractivity contribution >= 4 is 38.6 Å². The topological polar surface area (TPSA) is 43.9 Å². The van der Waals surface area contributed by atoms with Crippen molar-refractivity contribution in [1.29, 1.82) is 0 Å². The van der Waals surface area contributed by atoms with Crippen LogP contribution in [0.5, 0.6) is 0 Å². The van der Waals surface area contributed by atoms with E-state index in [0.717, 1.165) is 27.1 Å². The largest absolute Gasteiger partial charge is 0.444 e. The van der Waals surface area contributed by atoms with Crippen LogP contribution >= 0.6 is 27.5 Å². The summed E-state index contributed by atoms with van der Waals surface area (Å²) in [7, 11) is 0. The summed E-state index contributed by atoms with van der Waals surface area (Å²) in [5, 5.41) is 0. The number of benzene rings is 1. The molecule has 0 atom stereocenters. The van der Waals surface area contributed by atoms with E-state index < -0.39 is 0 Å². The molecule has 1 aromatic carbocycles. The molecule has 0 aliphatic rings. The van der Waals surface area contributed by atoms with E-state index in [0.29, 0.717) is 18.3 Å². The highest BCUT2D eigenvalue weighted by molar-refractivity contribution is 9.10. The Morgan fingerprint density at radius 1 is 1.42 bits per heavy atom. The van der Waals surface area contributed by atoms with Crippen molar-refractivity contribution in [3.8, 4) is 0 Å². The highest BCUT2D eigenvalue weighted by Crippen LogP contribution is 2.23. The first-order chi connectivity index (χ1) is 9.17. The van der Waals surface area contributed by atoms with Crippen LogP contribution in [0, 0.1) is 6.92 Å². The molecule has 2 aromatic heterocycles. The summed E-state index contributed by atoms with van der Waals surface area (Å²) in [5.41, 5.74) is 1.93. The van der Waals surface area contributed by atoms with E-state index in [2.05, 4.69) is 25.9 Å². The van der Waals surface area contributed by atoms with Crippen molar-refractivity contribution in [3.05, 3.63) is 46.3 Å². The second-order valence-corrected chi connectivity index (χ2v) is 5.43. The van der Waals surface area contributed by atoms with E-state index >= 15 is 0 Å². The van der Waals surface area contributed by atoms with Gasteiger partial charge in [-0.15, -0.1) is 11.6 Å². The lowest BCUT2D eigenvalue weighted by Gasteiger charge is -2.04. The lowest BCUT2D eigenvalue weighted by molar-refractivity contribution is 0.457. The zero-order chi connectivity index (χ0) is 13.4. The van der Waals surface area contributed by atoms with Gasteiger partial charge in [0.15, 0.2) is 0 Å². The van der Waals surface area contributed by atoms with Crippen molar-refractivity contribution in [2.45, 2.75) is 19.3 Å². The fraction of sp³-hybridized carbons (Fsp3) is 0.231. The minimum absolute atomic E-state index is 0.353. The summed E-state index contributed by atoms with van der Waals surface area (Å²) in [6.07, 6.45) is 1.71. The molecule has 0 unspecified atom stereocenters. The number of rotatable bonds is 3. The van der Waals surface area contributed by atoms with Gasteiger partial charge in [0.05, 0.1) is 23.1 Å². The third-order valence-electron chi connectivity index (χ3n) is 2.87. The molecule has 0 N–H and O–H groups in total. The molecule has 3 aromatic rings. The van der Waals surface area contributed by atoms with Gasteiger partial charge in [0.2, 0.25) is 5.89 Å². The van der Waals surface area contributed by atoms with Crippen LogP contribution in [0.25, 0.3) is 11.0 Å². The fourth-order valence-corrected chi connectivity index (χ4v) is 2.59. The molecule has 0 fully saturated rings. The van der Waals surface area contributed by atoms with Gasteiger partial charge in [-0.2, -0.15) is 0 Å². The summed E-state index contributed by atoms with van der Waals surface area (Å²) in [4.78, 5) is 8.74. The van der Waals surface area contributed by atoms with Crippen LogP contribution in [0.2, 0.25) is 0 Å². The van der Waals surface area contributed by atoms with E-state index in [-0.39, 0.29) is 0 Å². The number of aryl methyl sites for hydroxylation is 1. The van der Waals surface area contributed by atoms with Gasteiger partial charge in [-0.25, -0.2) is 9.97 Å². The Labute approximate surface area is 123 Å². The molecule has 19 heavy (non-hydrogen) atoms. The van der Waals surface area contributed by atoms with Crippen LogP contribution in [-0.4, -0.2) is 14.5 Å². The molecular weight excluding hydrogens is 330 g/mol. The Kier molecular flexibility index (Phi) is 3.33. The van der Waals surface area contributed by atoms with Gasteiger partial charge in [0.1, 0.15) is 18.1 Å². The highest BCUT2D eigenvalue weighted by atomic mass is 79.9. The van der Waals surface area contributed by atoms with Crippen molar-refractivity contribution in [2.75, 3.05) is 0 Å². The average Bonchev–Trinajstić information content (AvgIpc) is 2.94. The van der Waals surface area contributed by atoms with Gasteiger partial charge >= 0.3 is 0 Å². The monoisotopic (exact) mass is 339 g/mol. The van der Waals surface area contributed by atoms with Crippen molar-refractivity contribution in [3.63, 3.8) is 0 Å². The van der Waals surface area contributed by atoms with Gasteiger partial charge in [-0.05, 0) is 25.1 Å². The van der Waals surface area contributed by atoms with Crippen molar-refractivity contribution in [2.24, 2.45) is 0 Å². The number of oxazole rings is 1. The molecule has 0 radical (unpaired) electrons. The summed E-state index contributed by atoms with van der Waals surface area (Å²) in [5.74, 6) is 2.62. The highest BCUT2D eigenvalue weighted by Gasteiger charge is 2.12. The van der Waals surface area contributed by atoms with Crippen LogP contribution in [0.1, 0.15) is 17.5 Å². The zero-order valence-electron chi connectivity index (χ0n) is 10.2. The third kappa shape index (κ3) is 2.40. The smallest absolute Gasteiger partial charge is 0.214 e. The molecule has 6 heteroatoms. The summed E-state index contributed by atoms with van der Waals surface area (Å²) in [6.45, 7) is 2.41. The van der Waals surface area contributed by atoms with E-state index in [4.69, 9.17) is 16.0 Å². The van der Waals surface area contributed by atoms with Gasteiger partial charge < -0.3 is 8.98 Å². The van der Waals surface area contributed by atoms with E-state index in [1.54, 1.807) is 6.20 Å². The maximum Gasteiger partial charge on any atom is 0.214 e. The number of fused-ring (bicyclic) bond motifs is 1. The minimum atomic E-state index is 0.353. The normalized spacial score (nSPS) is 11.3. The Hall–Kier alpha value is -1.33. The third-order valence-corrected chi connectivity index (χ3v) is 3.60. The van der Waals surface area contributed by atoms with Crippen LogP contribution in [-0.2, 0) is 12.4 Å². The molecule has 0 spiro atoms. The SMILES string of the molecule is Cc1cnc(Cn2c(CCl)nc3ccc(Br)cc32)o1. The Balaban J connectivity index is 2.12. The average molecular weight is 341 g/mol. The molecule has 98 valence electrons. The van der Waals surface area contributed by atoms with E-state index in [9.17, 15) is 0 Å². The van der Waals surface area contributed by atoms with Crippen LogP contribution < -0.4 is 0 Å². The Morgan fingerprint density at radius 3 is 2.95 bits per heavy atom. The molecular formula is C13H11BrClN3O. The number of aromatic nitrogens is 3. The lowest BCUT2D eigenvalue weighted by atomic mass is 10.3. The molecule has 0 bridgehead atoms. The first kappa shape index (κ1) is 12.7. The predicted octanol–water partition coefficient (Wildman–Crippen LogP) is 3.88. The second-order valence-electron chi connectivity index (χ2n) is 4.25. The van der Waals surface area contributed by atoms with Crippen LogP contribution in [0.15, 0.2) is 33.3 Å². The van der Waals surface area contributed by atoms with Crippen molar-refractivity contribution < 1.29 is 4.42 Å². The number of nitrogens with zero attached hydrogens (tertiary/aromatic N) is 3. The Morgan fingerprint density at radius 2 is 2.26 bits per heavy atom. The van der Waals surface area contributed by atoms with Gasteiger partial charge in [0, 0.05) is 4.47 Å². The molecule has 0 saturated carbocycles. The summed E-state index contributed by atoms with van der Waals surface area (Å²) in [6, 6.07) is 5.95. The van der Waals surface area contributed by atoms with Gasteiger partial charge in [-0.1, -0.05) is 15.9 Å². The molecule has 2 heterocycles. The standard InChI is InChI=1S/C13H11BrClN3O/c1-8-6-16-13(19-8)7-18-11-4-9(14)2-3-10(11)17-12(18)5-15/h2-4,6H,5,7H2,1H3. The van der Waals surface area contributed by atoms with Gasteiger partial charge in [0.25, 0.3) is 0 Å². The predicted molar refractivity (Wildman–Crippen MR) is 77.3 cm³/mol. The molecule has 0 amide bonds. The number of halogens is 2. The maximum absolute atomic E-state index is 5.97. The molecule has 0 saturated heterocycles. The quantitative estimate of drug-likeness (QED) is 0.680. The van der Waals surface area contributed by atoms with E-state index in [1.807, 2.05) is 29.7 Å². The Bertz CT molecular complexity index is 735. The first-order valence-corrected chi connectivity index (χ1v) is 7.12. The molecule has 0 aliphatic carbocycles. The minimum Gasteiger partial charge on any atom is -0.444 e. The molecule has 0 aliphatic heterocycles. The van der Waals surface area contributed by atoms with Gasteiger partial charge in [-0.3, -0.25) is 0 Å². The summed E-state index contributed by atoms with van der Waals surface area (Å²) < 4.78 is 8.55. The number of hydrogen-bond acceptors (Lipinski definition) is 3. The van der Waals surface area contributed by atoms with Crippen molar-refractivity contribution in [1.82, 2.24) is 14.5 Å². The molecule has 3 rings (SSSR count). The first-order valence-electron chi connectivity index (χ1n) is 5.79. The number of imidazole rings is 1. The maximum atomic E-state index is 5.97. The lowest BCUT2D eigenvalue weighted by Crippen LogP contribution is -2.04. The second kappa shape index (κ2) is 4.98. The number of alkyl halides is 1. The number of hydrogen-bond donors (Lipinski definition) is 0. The zero-order valence-corrected chi connectivity index (χ0v) is 12.6. The van der Waals surface area contributed by atoms with Crippen LogP contribution in [0.4, 0.5) is 0 Å².